The van der Waals surface area contributed by atoms with Gasteiger partial charge in [0.05, 0.1) is 0 Å². The molecular weight excluding hydrogens is 809 g/mol. The molecule has 0 saturated heterocycles. The van der Waals surface area contributed by atoms with Crippen LogP contribution in [0, 0.1) is 0 Å². The molecule has 4 nitrogen and oxygen atoms in total. The van der Waals surface area contributed by atoms with Crippen LogP contribution in [0.2, 0.25) is 58.9 Å². The topological polar surface area (TPSA) is 13.0 Å². The van der Waals surface area contributed by atoms with Crippen molar-refractivity contribution in [3.05, 3.63) is 0 Å². The summed E-state index contributed by atoms with van der Waals surface area (Å²) in [6, 6.07) is 0. The van der Waals surface area contributed by atoms with E-state index >= 15 is 0 Å². The van der Waals surface area contributed by atoms with Crippen LogP contribution in [-0.4, -0.2) is 175 Å². The molecule has 0 aromatic heterocycles. The maximum atomic E-state index is 2.52. The van der Waals surface area contributed by atoms with Crippen molar-refractivity contribution in [3.63, 3.8) is 0 Å². The third kappa shape index (κ3) is 53.4. The summed E-state index contributed by atoms with van der Waals surface area (Å²) in [5.74, 6) is 0. The van der Waals surface area contributed by atoms with Crippen LogP contribution in [0.4, 0.5) is 0 Å². The molecule has 0 fully saturated rings. The number of hydrogen-bond donors (Lipinski definition) is 0. The van der Waals surface area contributed by atoms with Gasteiger partial charge in [0.1, 0.15) is 0 Å². The van der Waals surface area contributed by atoms with Crippen molar-refractivity contribution in [3.8, 4) is 0 Å². The second-order valence-corrected chi connectivity index (χ2v) is 47.1. The van der Waals surface area contributed by atoms with Gasteiger partial charge in [-0.25, -0.2) is 0 Å². The van der Waals surface area contributed by atoms with Crippen LogP contribution in [0.15, 0.2) is 0 Å². The molecule has 0 atom stereocenters. The first-order valence-corrected chi connectivity index (χ1v) is 48.4. The van der Waals surface area contributed by atoms with Crippen LogP contribution in [-0.2, 0) is 0 Å². The third-order valence-electron chi connectivity index (χ3n) is 7.07. The normalized spacial score (nSPS) is 10.5. The summed E-state index contributed by atoms with van der Waals surface area (Å²) in [5.41, 5.74) is 9.88. The predicted molar refractivity (Wildman–Crippen MR) is 200 cm³/mol. The first-order valence-electron chi connectivity index (χ1n) is 17.4. The summed E-state index contributed by atoms with van der Waals surface area (Å²) in [6.07, 6.45) is 5.75. The molecule has 240 valence electrons. The fourth-order valence-corrected chi connectivity index (χ4v) is 14.1. The average Bonchev–Trinajstić information content (AvgIpc) is 2.84. The molecule has 0 saturated carbocycles. The fourth-order valence-electron chi connectivity index (χ4n) is 4.16. The van der Waals surface area contributed by atoms with Crippen LogP contribution >= 0.6 is 0 Å². The van der Waals surface area contributed by atoms with E-state index in [2.05, 4.69) is 116 Å². The zero-order valence-electron chi connectivity index (χ0n) is 31.4. The molecule has 0 rings (SSSR count). The van der Waals surface area contributed by atoms with Crippen molar-refractivity contribution >= 4 is 75.3 Å². The maximum absolute atomic E-state index is 2.52. The van der Waals surface area contributed by atoms with E-state index in [0.29, 0.717) is 0 Å². The summed E-state index contributed by atoms with van der Waals surface area (Å²) < 4.78 is 13.1. The van der Waals surface area contributed by atoms with Gasteiger partial charge in [-0.15, -0.1) is 0 Å². The van der Waals surface area contributed by atoms with Gasteiger partial charge >= 0.3 is 288 Å². The molecule has 0 aromatic carbocycles. The molecule has 0 amide bonds. The Labute approximate surface area is 284 Å². The molecule has 8 heteroatoms. The van der Waals surface area contributed by atoms with Gasteiger partial charge in [0.15, 0.2) is 0 Å². The van der Waals surface area contributed by atoms with Crippen molar-refractivity contribution in [2.24, 2.45) is 0 Å². The first kappa shape index (κ1) is 49.7. The summed E-state index contributed by atoms with van der Waals surface area (Å²) in [4.78, 5) is 12.7. The first-order chi connectivity index (χ1) is 18.7. The molecule has 0 heterocycles. The van der Waals surface area contributed by atoms with E-state index in [4.69, 9.17) is 0 Å². The SMILES string of the molecule is CCN(CC)CC[CH2][Ga]([CH3])[CH3].CCN(CC)CC[CH2][In]([CH3])[CH3].CN(C)CC[CH2][Ga]([CH3])[CH3].CN(C)CC[CH2][In]([CH3])[CH3]. The molecule has 0 radical (unpaired) electrons. The predicted octanol–water partition coefficient (Wildman–Crippen LogP) is 8.33. The van der Waals surface area contributed by atoms with E-state index in [1.54, 1.807) is 18.3 Å². The second-order valence-electron chi connectivity index (χ2n) is 13.8. The minimum absolute atomic E-state index is 0.649. The summed E-state index contributed by atoms with van der Waals surface area (Å²) >= 11 is -3.02. The van der Waals surface area contributed by atoms with Gasteiger partial charge in [-0.1, -0.05) is 0 Å². The molecule has 0 unspecified atom stereocenters. The molecule has 40 heavy (non-hydrogen) atoms. The van der Waals surface area contributed by atoms with Gasteiger partial charge in [0, 0.05) is 0 Å². The third-order valence-corrected chi connectivity index (χ3v) is 22.6. The summed E-state index contributed by atoms with van der Waals surface area (Å²) in [5, 5.41) is 0. The van der Waals surface area contributed by atoms with Crippen LogP contribution in [0.5, 0.6) is 0 Å². The van der Waals surface area contributed by atoms with E-state index in [1.807, 2.05) is 0 Å². The van der Waals surface area contributed by atoms with Gasteiger partial charge in [-0.05, 0) is 0 Å². The van der Waals surface area contributed by atoms with Crippen molar-refractivity contribution < 1.29 is 0 Å². The van der Waals surface area contributed by atoms with Crippen LogP contribution in [0.25, 0.3) is 0 Å². The van der Waals surface area contributed by atoms with Crippen molar-refractivity contribution in [1.82, 2.24) is 19.6 Å². The monoisotopic (exact) mass is 888 g/mol. The van der Waals surface area contributed by atoms with Crippen LogP contribution in [0.3, 0.4) is 0 Å². The summed E-state index contributed by atoms with van der Waals surface area (Å²) in [6.45, 7) is 19.1. The van der Waals surface area contributed by atoms with Gasteiger partial charge < -0.3 is 0 Å². The zero-order chi connectivity index (χ0) is 31.9. The average molecular weight is 890 g/mol. The molecule has 0 aliphatic heterocycles. The Morgan fingerprint density at radius 1 is 0.450 bits per heavy atom. The van der Waals surface area contributed by atoms with Gasteiger partial charge in [0.25, 0.3) is 0 Å². The van der Waals surface area contributed by atoms with Crippen LogP contribution < -0.4 is 0 Å². The number of hydrogen-bond acceptors (Lipinski definition) is 4. The number of nitrogens with zero attached hydrogens (tertiary/aromatic N) is 4. The standard InChI is InChI=1S/2C7H16N.2C5H12N.8CH3.2Ga.2In/c2*1-4-7-8(5-2)6-3;2*1-4-5-6(2)3;;;;;;;;;;;;/h2*1,4-7H2,2-3H3;2*1,4-5H2,2-3H3;8*1H3;;;;. The molecular formula is C32H80Ga2In2N4. The fraction of sp³-hybridized carbons (Fsp3) is 1.00. The van der Waals surface area contributed by atoms with Crippen molar-refractivity contribution in [1.29, 1.82) is 0 Å². The Kier molecular flexibility index (Phi) is 47.3. The molecule has 0 bridgehead atoms. The van der Waals surface area contributed by atoms with Gasteiger partial charge in [-0.2, -0.15) is 0 Å². The van der Waals surface area contributed by atoms with E-state index in [0.717, 1.165) is 0 Å². The summed E-state index contributed by atoms with van der Waals surface area (Å²) in [7, 11) is 8.59. The van der Waals surface area contributed by atoms with Crippen molar-refractivity contribution in [2.45, 2.75) is 112 Å². The molecule has 0 N–H and O–H groups in total. The molecule has 0 aromatic rings. The van der Waals surface area contributed by atoms with E-state index < -0.39 is 75.3 Å². The van der Waals surface area contributed by atoms with E-state index in [9.17, 15) is 0 Å². The number of rotatable bonds is 20. The molecule has 0 spiro atoms. The quantitative estimate of drug-likeness (QED) is 0.114. The van der Waals surface area contributed by atoms with Crippen LogP contribution in [0.1, 0.15) is 53.4 Å². The van der Waals surface area contributed by atoms with Gasteiger partial charge in [-0.3, -0.25) is 0 Å². The molecule has 0 aliphatic rings. The minimum atomic E-state index is -0.864. The zero-order valence-corrected chi connectivity index (χ0v) is 42.8. The Balaban J connectivity index is -0.000000217. The Morgan fingerprint density at radius 2 is 0.725 bits per heavy atom. The molecule has 0 aliphatic carbocycles. The second kappa shape index (κ2) is 38.0. The Hall–Kier alpha value is 2.85. The Bertz CT molecular complexity index is 391. The Morgan fingerprint density at radius 3 is 1.00 bits per heavy atom. The van der Waals surface area contributed by atoms with Gasteiger partial charge in [0.2, 0.25) is 0 Å². The van der Waals surface area contributed by atoms with E-state index in [-0.39, 0.29) is 0 Å². The van der Waals surface area contributed by atoms with Crippen molar-refractivity contribution in [2.75, 3.05) is 80.5 Å². The van der Waals surface area contributed by atoms with E-state index in [1.165, 1.54) is 78.0 Å².